The van der Waals surface area contributed by atoms with Gasteiger partial charge in [-0.1, -0.05) is 18.2 Å². The Kier molecular flexibility index (Phi) is 5.21. The molecule has 0 amide bonds. The molecule has 6 heteroatoms. The molecule has 0 unspecified atom stereocenters. The van der Waals surface area contributed by atoms with Gasteiger partial charge in [-0.2, -0.15) is 5.10 Å². The van der Waals surface area contributed by atoms with Gasteiger partial charge in [0, 0.05) is 31.2 Å². The van der Waals surface area contributed by atoms with Crippen LogP contribution in [0, 0.1) is 0 Å². The maximum atomic E-state index is 5.98. The van der Waals surface area contributed by atoms with Crippen LogP contribution < -0.4 is 10.5 Å². The van der Waals surface area contributed by atoms with Gasteiger partial charge in [0.05, 0.1) is 30.1 Å². The third-order valence-electron chi connectivity index (χ3n) is 4.52. The van der Waals surface area contributed by atoms with Crippen LogP contribution in [0.2, 0.25) is 0 Å². The Labute approximate surface area is 163 Å². The number of fused-ring (bicyclic) bond motifs is 1. The number of methoxy groups -OCH3 is 1. The molecule has 0 spiro atoms. The van der Waals surface area contributed by atoms with E-state index < -0.39 is 0 Å². The first-order valence-electron chi connectivity index (χ1n) is 9.14. The van der Waals surface area contributed by atoms with Gasteiger partial charge in [0.25, 0.3) is 0 Å². The van der Waals surface area contributed by atoms with Crippen molar-refractivity contribution in [2.45, 2.75) is 13.0 Å². The minimum atomic E-state index is 0.458. The second-order valence-electron chi connectivity index (χ2n) is 6.49. The van der Waals surface area contributed by atoms with Crippen LogP contribution in [0.4, 0.5) is 5.82 Å². The van der Waals surface area contributed by atoms with E-state index in [4.69, 9.17) is 20.3 Å². The van der Waals surface area contributed by atoms with E-state index >= 15 is 0 Å². The van der Waals surface area contributed by atoms with Crippen LogP contribution in [-0.2, 0) is 17.8 Å². The summed E-state index contributed by atoms with van der Waals surface area (Å²) in [5.41, 5.74) is 9.72. The maximum absolute atomic E-state index is 5.98. The number of nitrogens with two attached hydrogens (primary N) is 1. The minimum Gasteiger partial charge on any atom is -0.493 e. The zero-order valence-electron chi connectivity index (χ0n) is 15.7. The molecular formula is C22H22N4O2. The molecule has 0 saturated carbocycles. The second-order valence-corrected chi connectivity index (χ2v) is 6.49. The molecule has 142 valence electrons. The van der Waals surface area contributed by atoms with Crippen LogP contribution in [0.3, 0.4) is 0 Å². The van der Waals surface area contributed by atoms with Gasteiger partial charge < -0.3 is 15.2 Å². The number of hydrogen-bond donors (Lipinski definition) is 1. The normalized spacial score (nSPS) is 11.0. The number of pyridine rings is 1. The third-order valence-corrected chi connectivity index (χ3v) is 4.52. The molecule has 4 aromatic rings. The van der Waals surface area contributed by atoms with Gasteiger partial charge in [0.1, 0.15) is 11.6 Å². The summed E-state index contributed by atoms with van der Waals surface area (Å²) in [6.07, 6.45) is 2.48. The standard InChI is InChI=1S/C22H22N4O2/c1-27-15-20-19-8-7-18(28-12-10-16-9-11-24-22(23)13-16)14-21(19)26(25-20)17-5-3-2-4-6-17/h2-9,11,13-14H,10,12,15H2,1H3,(H2,23,24). The fourth-order valence-electron chi connectivity index (χ4n) is 3.19. The van der Waals surface area contributed by atoms with Gasteiger partial charge in [-0.25, -0.2) is 9.67 Å². The summed E-state index contributed by atoms with van der Waals surface area (Å²) >= 11 is 0. The van der Waals surface area contributed by atoms with Crippen molar-refractivity contribution in [1.82, 2.24) is 14.8 Å². The Morgan fingerprint density at radius 1 is 1.04 bits per heavy atom. The topological polar surface area (TPSA) is 75.2 Å². The lowest BCUT2D eigenvalue weighted by Gasteiger charge is -2.08. The van der Waals surface area contributed by atoms with Crippen LogP contribution >= 0.6 is 0 Å². The number of nitrogen functional groups attached to an aromatic ring is 1. The first kappa shape index (κ1) is 18.0. The molecule has 2 aromatic heterocycles. The number of para-hydroxylation sites is 1. The molecule has 2 heterocycles. The molecule has 0 radical (unpaired) electrons. The van der Waals surface area contributed by atoms with E-state index in [0.29, 0.717) is 19.0 Å². The lowest BCUT2D eigenvalue weighted by molar-refractivity contribution is 0.182. The van der Waals surface area contributed by atoms with Crippen molar-refractivity contribution in [3.8, 4) is 11.4 Å². The fourth-order valence-corrected chi connectivity index (χ4v) is 3.19. The maximum Gasteiger partial charge on any atom is 0.123 e. The molecule has 0 aliphatic carbocycles. The van der Waals surface area contributed by atoms with Gasteiger partial charge in [-0.3, -0.25) is 0 Å². The van der Waals surface area contributed by atoms with E-state index in [-0.39, 0.29) is 0 Å². The molecule has 0 aliphatic rings. The average Bonchev–Trinajstić information content (AvgIpc) is 3.07. The van der Waals surface area contributed by atoms with Gasteiger partial charge in [0.2, 0.25) is 0 Å². The highest BCUT2D eigenvalue weighted by molar-refractivity contribution is 5.84. The van der Waals surface area contributed by atoms with Crippen LogP contribution in [0.5, 0.6) is 5.75 Å². The summed E-state index contributed by atoms with van der Waals surface area (Å²) in [5.74, 6) is 1.33. The van der Waals surface area contributed by atoms with E-state index in [1.54, 1.807) is 13.3 Å². The number of hydrogen-bond acceptors (Lipinski definition) is 5. The molecule has 4 rings (SSSR count). The van der Waals surface area contributed by atoms with E-state index in [1.807, 2.05) is 65.3 Å². The average molecular weight is 374 g/mol. The highest BCUT2D eigenvalue weighted by atomic mass is 16.5. The fraction of sp³-hybridized carbons (Fsp3) is 0.182. The zero-order valence-corrected chi connectivity index (χ0v) is 15.7. The number of benzene rings is 2. The molecule has 0 fully saturated rings. The van der Waals surface area contributed by atoms with Crippen molar-refractivity contribution < 1.29 is 9.47 Å². The van der Waals surface area contributed by atoms with E-state index in [2.05, 4.69) is 4.98 Å². The van der Waals surface area contributed by atoms with Gasteiger partial charge in [-0.15, -0.1) is 0 Å². The van der Waals surface area contributed by atoms with Crippen molar-refractivity contribution in [2.24, 2.45) is 0 Å². The summed E-state index contributed by atoms with van der Waals surface area (Å²) in [4.78, 5) is 4.01. The van der Waals surface area contributed by atoms with Crippen LogP contribution in [0.15, 0.2) is 66.9 Å². The van der Waals surface area contributed by atoms with E-state index in [1.165, 1.54) is 0 Å². The van der Waals surface area contributed by atoms with Crippen molar-refractivity contribution >= 4 is 16.7 Å². The smallest absolute Gasteiger partial charge is 0.123 e. The number of ether oxygens (including phenoxy) is 2. The monoisotopic (exact) mass is 374 g/mol. The predicted molar refractivity (Wildman–Crippen MR) is 110 cm³/mol. The lowest BCUT2D eigenvalue weighted by Crippen LogP contribution is -2.02. The molecular weight excluding hydrogens is 352 g/mol. The van der Waals surface area contributed by atoms with Crippen molar-refractivity contribution in [1.29, 1.82) is 0 Å². The molecule has 0 atom stereocenters. The van der Waals surface area contributed by atoms with Gasteiger partial charge in [0.15, 0.2) is 0 Å². The predicted octanol–water partition coefficient (Wildman–Crippen LogP) is 3.77. The number of aromatic nitrogens is 3. The number of nitrogens with zero attached hydrogens (tertiary/aromatic N) is 3. The van der Waals surface area contributed by atoms with E-state index in [9.17, 15) is 0 Å². The highest BCUT2D eigenvalue weighted by Crippen LogP contribution is 2.27. The molecule has 2 N–H and O–H groups in total. The zero-order chi connectivity index (χ0) is 19.3. The lowest BCUT2D eigenvalue weighted by atomic mass is 10.2. The molecule has 6 nitrogen and oxygen atoms in total. The molecule has 28 heavy (non-hydrogen) atoms. The largest absolute Gasteiger partial charge is 0.493 e. The van der Waals surface area contributed by atoms with Crippen molar-refractivity contribution in [2.75, 3.05) is 19.5 Å². The Morgan fingerprint density at radius 2 is 1.89 bits per heavy atom. The van der Waals surface area contributed by atoms with Crippen LogP contribution in [0.25, 0.3) is 16.6 Å². The van der Waals surface area contributed by atoms with Crippen molar-refractivity contribution in [3.05, 3.63) is 78.1 Å². The Hall–Kier alpha value is -3.38. The third kappa shape index (κ3) is 3.82. The van der Waals surface area contributed by atoms with Gasteiger partial charge >= 0.3 is 0 Å². The van der Waals surface area contributed by atoms with E-state index in [0.717, 1.165) is 40.0 Å². The van der Waals surface area contributed by atoms with Crippen molar-refractivity contribution in [3.63, 3.8) is 0 Å². The Morgan fingerprint density at radius 3 is 2.68 bits per heavy atom. The quantitative estimate of drug-likeness (QED) is 0.533. The first-order chi connectivity index (χ1) is 13.7. The Bertz CT molecular complexity index is 1080. The van der Waals surface area contributed by atoms with Crippen LogP contribution in [0.1, 0.15) is 11.3 Å². The Balaban J connectivity index is 1.60. The van der Waals surface area contributed by atoms with Gasteiger partial charge in [-0.05, 0) is 42.0 Å². The van der Waals surface area contributed by atoms with Crippen LogP contribution in [-0.4, -0.2) is 28.5 Å². The second kappa shape index (κ2) is 8.10. The summed E-state index contributed by atoms with van der Waals surface area (Å²) in [7, 11) is 1.68. The SMILES string of the molecule is COCc1nn(-c2ccccc2)c2cc(OCCc3ccnc(N)c3)ccc12. The summed E-state index contributed by atoms with van der Waals surface area (Å²) < 4.78 is 13.2. The number of rotatable bonds is 7. The molecule has 0 bridgehead atoms. The number of anilines is 1. The molecule has 2 aromatic carbocycles. The minimum absolute atomic E-state index is 0.458. The summed E-state index contributed by atoms with van der Waals surface area (Å²) in [5, 5.41) is 5.80. The molecule has 0 aliphatic heterocycles. The summed E-state index contributed by atoms with van der Waals surface area (Å²) in [6, 6.07) is 19.9. The highest BCUT2D eigenvalue weighted by Gasteiger charge is 2.13. The summed E-state index contributed by atoms with van der Waals surface area (Å²) in [6.45, 7) is 1.01. The first-order valence-corrected chi connectivity index (χ1v) is 9.14. The molecule has 0 saturated heterocycles.